The molecule has 3 rings (SSSR count). The van der Waals surface area contributed by atoms with Crippen molar-refractivity contribution in [2.24, 2.45) is 7.05 Å². The molecule has 1 unspecified atom stereocenters. The summed E-state index contributed by atoms with van der Waals surface area (Å²) in [5.74, 6) is -0.767. The molecule has 1 fully saturated rings. The number of benzene rings is 1. The van der Waals surface area contributed by atoms with E-state index >= 15 is 0 Å². The van der Waals surface area contributed by atoms with E-state index in [1.54, 1.807) is 13.1 Å². The van der Waals surface area contributed by atoms with Gasteiger partial charge in [0.2, 0.25) is 11.8 Å². The molecular weight excluding hydrogens is 326 g/mol. The zero-order valence-corrected chi connectivity index (χ0v) is 13.9. The monoisotopic (exact) mass is 345 g/mol. The molecule has 1 aliphatic rings. The van der Waals surface area contributed by atoms with Crippen molar-refractivity contribution in [3.63, 3.8) is 0 Å². The van der Waals surface area contributed by atoms with E-state index in [-0.39, 0.29) is 18.0 Å². The number of nitrogens with zero attached hydrogens (tertiary/aromatic N) is 2. The Morgan fingerprint density at radius 2 is 2.08 bits per heavy atom. The lowest BCUT2D eigenvalue weighted by Gasteiger charge is -2.21. The van der Waals surface area contributed by atoms with Crippen molar-refractivity contribution in [3.05, 3.63) is 34.2 Å². The smallest absolute Gasteiger partial charge is 0.329 e. The summed E-state index contributed by atoms with van der Waals surface area (Å²) in [6, 6.07) is 4.74. The van der Waals surface area contributed by atoms with Crippen LogP contribution in [0.15, 0.2) is 23.0 Å². The molecule has 25 heavy (non-hydrogen) atoms. The molecule has 1 aromatic carbocycles. The minimum absolute atomic E-state index is 0.210. The number of aldehydes is 1. The van der Waals surface area contributed by atoms with Crippen LogP contribution in [-0.4, -0.2) is 33.8 Å². The fourth-order valence-corrected chi connectivity index (χ4v) is 3.05. The topological polar surface area (TPSA) is 99.4 Å². The lowest BCUT2D eigenvalue weighted by molar-refractivity contribution is -0.135. The fourth-order valence-electron chi connectivity index (χ4n) is 3.05. The van der Waals surface area contributed by atoms with Gasteiger partial charge in [0.05, 0.1) is 24.2 Å². The number of aromatic nitrogens is 2. The van der Waals surface area contributed by atoms with E-state index in [4.69, 9.17) is 4.74 Å². The molecule has 1 saturated heterocycles. The van der Waals surface area contributed by atoms with Crippen LogP contribution in [0, 0.1) is 0 Å². The minimum atomic E-state index is -0.691. The number of carbonyl (C=O) groups is 3. The zero-order valence-electron chi connectivity index (χ0n) is 13.9. The van der Waals surface area contributed by atoms with Crippen LogP contribution in [0.1, 0.15) is 30.9 Å². The van der Waals surface area contributed by atoms with E-state index in [1.807, 2.05) is 12.1 Å². The molecule has 2 aromatic rings. The molecular formula is C17H19N3O5. The standard InChI is InChI=1S/C17H19N3O5/c1-19-14-9-11(10-25-8-2-7-21)3-4-12(14)20(17(19)24)13-5-6-15(22)18-16(13)23/h3-4,7,9,13H,2,5-6,8,10H2,1H3,(H,18,22,23). The summed E-state index contributed by atoms with van der Waals surface area (Å²) >= 11 is 0. The molecule has 0 spiro atoms. The third kappa shape index (κ3) is 3.25. The Labute approximate surface area is 143 Å². The number of aryl methyl sites for hydroxylation is 1. The number of rotatable bonds is 6. The Balaban J connectivity index is 1.94. The highest BCUT2D eigenvalue weighted by molar-refractivity contribution is 6.00. The van der Waals surface area contributed by atoms with Gasteiger partial charge in [-0.25, -0.2) is 4.79 Å². The molecule has 132 valence electrons. The van der Waals surface area contributed by atoms with Crippen LogP contribution < -0.4 is 11.0 Å². The number of amides is 2. The van der Waals surface area contributed by atoms with E-state index < -0.39 is 11.9 Å². The zero-order chi connectivity index (χ0) is 18.0. The number of hydrogen-bond acceptors (Lipinski definition) is 5. The summed E-state index contributed by atoms with van der Waals surface area (Å²) < 4.78 is 8.32. The summed E-state index contributed by atoms with van der Waals surface area (Å²) in [5, 5.41) is 2.28. The van der Waals surface area contributed by atoms with Gasteiger partial charge in [0.1, 0.15) is 12.3 Å². The predicted molar refractivity (Wildman–Crippen MR) is 88.9 cm³/mol. The highest BCUT2D eigenvalue weighted by atomic mass is 16.5. The summed E-state index contributed by atoms with van der Waals surface area (Å²) in [6.45, 7) is 0.680. The largest absolute Gasteiger partial charge is 0.376 e. The highest BCUT2D eigenvalue weighted by Crippen LogP contribution is 2.23. The van der Waals surface area contributed by atoms with Crippen LogP contribution in [0.2, 0.25) is 0 Å². The van der Waals surface area contributed by atoms with Crippen LogP contribution in [0.5, 0.6) is 0 Å². The van der Waals surface area contributed by atoms with Gasteiger partial charge in [0.25, 0.3) is 0 Å². The van der Waals surface area contributed by atoms with E-state index in [9.17, 15) is 19.2 Å². The van der Waals surface area contributed by atoms with Gasteiger partial charge < -0.3 is 9.53 Å². The molecule has 2 heterocycles. The molecule has 8 nitrogen and oxygen atoms in total. The van der Waals surface area contributed by atoms with E-state index in [0.717, 1.165) is 11.8 Å². The second kappa shape index (κ2) is 7.02. The van der Waals surface area contributed by atoms with Crippen molar-refractivity contribution in [1.29, 1.82) is 0 Å². The SMILES string of the molecule is Cn1c(=O)n(C2CCC(=O)NC2=O)c2ccc(COCCC=O)cc21. The average Bonchev–Trinajstić information content (AvgIpc) is 2.83. The van der Waals surface area contributed by atoms with Gasteiger partial charge in [-0.3, -0.25) is 24.0 Å². The summed E-state index contributed by atoms with van der Waals surface area (Å²) in [4.78, 5) is 46.4. The molecule has 1 N–H and O–H groups in total. The van der Waals surface area contributed by atoms with Gasteiger partial charge in [-0.05, 0) is 24.1 Å². The van der Waals surface area contributed by atoms with Crippen molar-refractivity contribution in [2.75, 3.05) is 6.61 Å². The summed E-state index contributed by atoms with van der Waals surface area (Å²) in [7, 11) is 1.64. The Bertz CT molecular complexity index is 896. The number of carbonyl (C=O) groups excluding carboxylic acids is 3. The Morgan fingerprint density at radius 1 is 1.28 bits per heavy atom. The molecule has 2 amide bonds. The number of fused-ring (bicyclic) bond motifs is 1. The van der Waals surface area contributed by atoms with Crippen LogP contribution in [0.25, 0.3) is 11.0 Å². The molecule has 0 saturated carbocycles. The quantitative estimate of drug-likeness (QED) is 0.465. The van der Waals surface area contributed by atoms with Crippen molar-refractivity contribution in [2.45, 2.75) is 31.9 Å². The van der Waals surface area contributed by atoms with Crippen molar-refractivity contribution in [3.8, 4) is 0 Å². The fraction of sp³-hybridized carbons (Fsp3) is 0.412. The van der Waals surface area contributed by atoms with Crippen LogP contribution in [0.4, 0.5) is 0 Å². The number of nitrogens with one attached hydrogen (secondary N) is 1. The molecule has 1 aromatic heterocycles. The maximum Gasteiger partial charge on any atom is 0.329 e. The molecule has 1 aliphatic heterocycles. The number of imide groups is 1. The average molecular weight is 345 g/mol. The molecule has 8 heteroatoms. The van der Waals surface area contributed by atoms with Gasteiger partial charge in [-0.1, -0.05) is 6.07 Å². The molecule has 1 atom stereocenters. The maximum atomic E-state index is 12.6. The predicted octanol–water partition coefficient (Wildman–Crippen LogP) is 0.423. The van der Waals surface area contributed by atoms with Gasteiger partial charge in [-0.15, -0.1) is 0 Å². The Hall–Kier alpha value is -2.74. The maximum absolute atomic E-state index is 12.6. The molecule has 0 radical (unpaired) electrons. The van der Waals surface area contributed by atoms with Crippen molar-refractivity contribution in [1.82, 2.24) is 14.5 Å². The normalized spacial score (nSPS) is 17.7. The number of hydrogen-bond donors (Lipinski definition) is 1. The first-order valence-corrected chi connectivity index (χ1v) is 8.08. The molecule has 0 aliphatic carbocycles. The van der Waals surface area contributed by atoms with Crippen molar-refractivity contribution < 1.29 is 19.1 Å². The highest BCUT2D eigenvalue weighted by Gasteiger charge is 2.31. The third-order valence-corrected chi connectivity index (χ3v) is 4.32. The Morgan fingerprint density at radius 3 is 2.80 bits per heavy atom. The van der Waals surface area contributed by atoms with Gasteiger partial charge in [0.15, 0.2) is 0 Å². The van der Waals surface area contributed by atoms with E-state index in [1.165, 1.54) is 9.13 Å². The first-order chi connectivity index (χ1) is 12.0. The van der Waals surface area contributed by atoms with Gasteiger partial charge >= 0.3 is 5.69 Å². The summed E-state index contributed by atoms with van der Waals surface area (Å²) in [6.07, 6.45) is 1.65. The number of ether oxygens (including phenoxy) is 1. The number of piperidine rings is 1. The number of imidazole rings is 1. The summed E-state index contributed by atoms with van der Waals surface area (Å²) in [5.41, 5.74) is 1.89. The lowest BCUT2D eigenvalue weighted by Crippen LogP contribution is -2.44. The first kappa shape index (κ1) is 17.1. The van der Waals surface area contributed by atoms with E-state index in [2.05, 4.69) is 5.32 Å². The van der Waals surface area contributed by atoms with Gasteiger partial charge in [-0.2, -0.15) is 0 Å². The second-order valence-electron chi connectivity index (χ2n) is 6.01. The minimum Gasteiger partial charge on any atom is -0.376 e. The van der Waals surface area contributed by atoms with Crippen LogP contribution in [-0.2, 0) is 32.8 Å². The van der Waals surface area contributed by atoms with Crippen molar-refractivity contribution >= 4 is 29.1 Å². The first-order valence-electron chi connectivity index (χ1n) is 8.08. The molecule has 0 bridgehead atoms. The van der Waals surface area contributed by atoms with Gasteiger partial charge in [0, 0.05) is 19.9 Å². The van der Waals surface area contributed by atoms with Crippen LogP contribution in [0.3, 0.4) is 0 Å². The Kier molecular flexibility index (Phi) is 4.80. The third-order valence-electron chi connectivity index (χ3n) is 4.32. The second-order valence-corrected chi connectivity index (χ2v) is 6.01. The lowest BCUT2D eigenvalue weighted by atomic mass is 10.1. The van der Waals surface area contributed by atoms with Crippen LogP contribution >= 0.6 is 0 Å². The van der Waals surface area contributed by atoms with E-state index in [0.29, 0.717) is 37.1 Å².